The second kappa shape index (κ2) is 19.1. The summed E-state index contributed by atoms with van der Waals surface area (Å²) in [5, 5.41) is 0. The van der Waals surface area contributed by atoms with Crippen molar-refractivity contribution in [3.8, 4) is 0 Å². The molecule has 5 heteroatoms. The van der Waals surface area contributed by atoms with Crippen LogP contribution in [0, 0.1) is 17.8 Å². The van der Waals surface area contributed by atoms with Gasteiger partial charge in [-0.05, 0) is 113 Å². The van der Waals surface area contributed by atoms with Crippen molar-refractivity contribution in [2.24, 2.45) is 27.7 Å². The fourth-order valence-corrected chi connectivity index (χ4v) is 7.24. The fraction of sp³-hybridized carbons (Fsp3) is 0.533. The Morgan fingerprint density at radius 3 is 2.30 bits per heavy atom. The van der Waals surface area contributed by atoms with Crippen LogP contribution < -0.4 is 0 Å². The van der Waals surface area contributed by atoms with Gasteiger partial charge < -0.3 is 4.74 Å². The third-order valence-corrected chi connectivity index (χ3v) is 11.0. The van der Waals surface area contributed by atoms with E-state index in [-0.39, 0.29) is 5.78 Å². The molecule has 2 aromatic carbocycles. The lowest BCUT2D eigenvalue weighted by molar-refractivity contribution is -0.113. The van der Waals surface area contributed by atoms with E-state index in [4.69, 9.17) is 14.7 Å². The molecule has 0 radical (unpaired) electrons. The number of allylic oxidation sites excluding steroid dienone is 4. The maximum Gasteiger partial charge on any atom is 0.217 e. The van der Waals surface area contributed by atoms with Crippen molar-refractivity contribution in [3.63, 3.8) is 0 Å². The van der Waals surface area contributed by atoms with Gasteiger partial charge in [-0.2, -0.15) is 0 Å². The number of benzene rings is 2. The highest BCUT2D eigenvalue weighted by atomic mass is 19.1. The van der Waals surface area contributed by atoms with Crippen LogP contribution in [-0.4, -0.2) is 35.2 Å². The number of carbonyl (C=O) groups excluding carboxylic acids is 1. The minimum atomic E-state index is -1.76. The SMILES string of the molecule is C=C(C)C(C)(F)C1OC(c2ccccc2)=NC1C(C)=Nc1ccc(CCC(CCCC)CCCC(CC)CCC2C=CC(C(C)=O)=CC2)cc1. The smallest absolute Gasteiger partial charge is 0.217 e. The second-order valence-electron chi connectivity index (χ2n) is 15.0. The standard InChI is InChI=1S/C45H61FN2O2/c1-8-10-15-36(17-14-16-35(9-2)20-21-37-24-28-39(29-25-37)34(6)49)22-23-38-26-30-41(31-27-38)47-33(5)42-43(45(7,46)32(3)4)50-44(48-42)40-18-12-11-13-19-40/h11-13,18-19,24,26-31,35-37,42-43H,3,8-10,14-17,20-23,25H2,1-2,4-7H3. The molecule has 1 heterocycles. The number of carbonyl (C=O) groups is 1. The van der Waals surface area contributed by atoms with Crippen molar-refractivity contribution >= 4 is 23.1 Å². The Morgan fingerprint density at radius 2 is 1.68 bits per heavy atom. The molecule has 0 aromatic heterocycles. The van der Waals surface area contributed by atoms with E-state index in [0.29, 0.717) is 17.4 Å². The molecule has 0 amide bonds. The first-order valence-corrected chi connectivity index (χ1v) is 19.2. The summed E-state index contributed by atoms with van der Waals surface area (Å²) < 4.78 is 22.1. The number of alkyl halides is 1. The molecule has 0 N–H and O–H groups in total. The lowest BCUT2D eigenvalue weighted by Crippen LogP contribution is -2.45. The first-order chi connectivity index (χ1) is 24.0. The number of hydrogen-bond acceptors (Lipinski definition) is 4. The van der Waals surface area contributed by atoms with E-state index in [0.717, 1.165) is 47.2 Å². The van der Waals surface area contributed by atoms with Crippen molar-refractivity contribution in [1.29, 1.82) is 0 Å². The molecular weight excluding hydrogens is 620 g/mol. The van der Waals surface area contributed by atoms with Gasteiger partial charge in [0.15, 0.2) is 17.6 Å². The maximum absolute atomic E-state index is 15.9. The molecule has 4 nitrogen and oxygen atoms in total. The van der Waals surface area contributed by atoms with E-state index >= 15 is 4.39 Å². The quantitative estimate of drug-likeness (QED) is 0.103. The molecule has 270 valence electrons. The van der Waals surface area contributed by atoms with Gasteiger partial charge >= 0.3 is 0 Å². The van der Waals surface area contributed by atoms with Crippen molar-refractivity contribution in [1.82, 2.24) is 0 Å². The number of aryl methyl sites for hydroxylation is 1. The molecule has 4 rings (SSSR count). The number of halogens is 1. The first kappa shape index (κ1) is 39.2. The number of ether oxygens (including phenoxy) is 1. The summed E-state index contributed by atoms with van der Waals surface area (Å²) in [6.07, 6.45) is 20.4. The van der Waals surface area contributed by atoms with Gasteiger partial charge in [0.05, 0.1) is 5.69 Å². The third kappa shape index (κ3) is 11.2. The molecule has 0 fully saturated rings. The van der Waals surface area contributed by atoms with E-state index in [1.54, 1.807) is 13.8 Å². The Bertz CT molecular complexity index is 1520. The summed E-state index contributed by atoms with van der Waals surface area (Å²) in [5.74, 6) is 2.73. The number of unbranched alkanes of at least 4 members (excludes halogenated alkanes) is 1. The van der Waals surface area contributed by atoms with Crippen molar-refractivity contribution < 1.29 is 13.9 Å². The summed E-state index contributed by atoms with van der Waals surface area (Å²) in [5.41, 5.74) is 3.25. The number of rotatable bonds is 20. The van der Waals surface area contributed by atoms with Crippen LogP contribution in [0.1, 0.15) is 123 Å². The highest BCUT2D eigenvalue weighted by Gasteiger charge is 2.48. The molecule has 0 saturated heterocycles. The van der Waals surface area contributed by atoms with Gasteiger partial charge in [-0.1, -0.05) is 114 Å². The number of aliphatic imine (C=N–C) groups is 2. The van der Waals surface area contributed by atoms with Crippen LogP contribution in [0.5, 0.6) is 0 Å². The molecule has 0 saturated carbocycles. The molecule has 6 atom stereocenters. The van der Waals surface area contributed by atoms with Crippen LogP contribution in [0.4, 0.5) is 10.1 Å². The summed E-state index contributed by atoms with van der Waals surface area (Å²) in [6, 6.07) is 17.6. The van der Waals surface area contributed by atoms with Crippen LogP contribution in [0.2, 0.25) is 0 Å². The van der Waals surface area contributed by atoms with Gasteiger partial charge in [-0.25, -0.2) is 9.38 Å². The summed E-state index contributed by atoms with van der Waals surface area (Å²) in [6.45, 7) is 15.3. The van der Waals surface area contributed by atoms with Crippen LogP contribution in [0.3, 0.4) is 0 Å². The molecule has 0 bridgehead atoms. The summed E-state index contributed by atoms with van der Waals surface area (Å²) in [4.78, 5) is 21.3. The normalized spacial score (nSPS) is 21.5. The molecule has 2 aliphatic rings. The second-order valence-corrected chi connectivity index (χ2v) is 15.0. The Kier molecular flexibility index (Phi) is 15.0. The minimum Gasteiger partial charge on any atom is -0.468 e. The zero-order chi connectivity index (χ0) is 36.1. The number of Topliss-reactive ketones (excluding diaryl/α,β-unsaturated/α-hetero) is 1. The van der Waals surface area contributed by atoms with E-state index in [2.05, 4.69) is 56.8 Å². The lowest BCUT2D eigenvalue weighted by Gasteiger charge is -2.30. The van der Waals surface area contributed by atoms with Crippen LogP contribution in [0.25, 0.3) is 0 Å². The largest absolute Gasteiger partial charge is 0.468 e. The third-order valence-electron chi connectivity index (χ3n) is 11.0. The Morgan fingerprint density at radius 1 is 0.980 bits per heavy atom. The first-order valence-electron chi connectivity index (χ1n) is 19.2. The van der Waals surface area contributed by atoms with Crippen LogP contribution in [0.15, 0.2) is 101 Å². The van der Waals surface area contributed by atoms with Crippen LogP contribution in [-0.2, 0) is 16.0 Å². The summed E-state index contributed by atoms with van der Waals surface area (Å²) >= 11 is 0. The zero-order valence-electron chi connectivity index (χ0n) is 31.6. The van der Waals surface area contributed by atoms with Gasteiger partial charge in [0.25, 0.3) is 0 Å². The van der Waals surface area contributed by atoms with Gasteiger partial charge in [0.2, 0.25) is 5.90 Å². The van der Waals surface area contributed by atoms with Gasteiger partial charge in [0.1, 0.15) is 6.04 Å². The highest BCUT2D eigenvalue weighted by Crippen LogP contribution is 2.35. The maximum atomic E-state index is 15.9. The predicted octanol–water partition coefficient (Wildman–Crippen LogP) is 12.1. The van der Waals surface area contributed by atoms with Crippen molar-refractivity contribution in [2.45, 2.75) is 136 Å². The highest BCUT2D eigenvalue weighted by molar-refractivity contribution is 6.00. The average molecular weight is 681 g/mol. The fourth-order valence-electron chi connectivity index (χ4n) is 7.24. The number of ketones is 1. The van der Waals surface area contributed by atoms with E-state index in [1.165, 1.54) is 76.7 Å². The molecule has 1 aliphatic heterocycles. The van der Waals surface area contributed by atoms with Gasteiger partial charge in [0, 0.05) is 16.8 Å². The average Bonchev–Trinajstić information content (AvgIpc) is 3.59. The van der Waals surface area contributed by atoms with Crippen LogP contribution >= 0.6 is 0 Å². The number of hydrogen-bond donors (Lipinski definition) is 0. The Hall–Kier alpha value is -3.60. The topological polar surface area (TPSA) is 51.0 Å². The van der Waals surface area contributed by atoms with E-state index < -0.39 is 17.8 Å². The zero-order valence-corrected chi connectivity index (χ0v) is 31.6. The van der Waals surface area contributed by atoms with Crippen molar-refractivity contribution in [2.75, 3.05) is 0 Å². The molecule has 0 spiro atoms. The Labute approximate surface area is 302 Å². The van der Waals surface area contributed by atoms with Gasteiger partial charge in [-0.15, -0.1) is 0 Å². The molecule has 1 aliphatic carbocycles. The monoisotopic (exact) mass is 680 g/mol. The molecular formula is C45H61FN2O2. The molecule has 50 heavy (non-hydrogen) atoms. The number of nitrogens with zero attached hydrogens (tertiary/aromatic N) is 2. The summed E-state index contributed by atoms with van der Waals surface area (Å²) in [7, 11) is 0. The molecule has 6 unspecified atom stereocenters. The van der Waals surface area contributed by atoms with Gasteiger partial charge in [-0.3, -0.25) is 9.79 Å². The van der Waals surface area contributed by atoms with Crippen molar-refractivity contribution in [3.05, 3.63) is 102 Å². The van der Waals surface area contributed by atoms with E-state index in [9.17, 15) is 4.79 Å². The Balaban J connectivity index is 1.31. The minimum absolute atomic E-state index is 0.171. The predicted molar refractivity (Wildman–Crippen MR) is 209 cm³/mol. The lowest BCUT2D eigenvalue weighted by atomic mass is 9.84. The molecule has 2 aromatic rings. The van der Waals surface area contributed by atoms with E-state index in [1.807, 2.05) is 43.3 Å².